The van der Waals surface area contributed by atoms with E-state index in [0.29, 0.717) is 0 Å². The molecule has 1 heterocycles. The van der Waals surface area contributed by atoms with Crippen LogP contribution < -0.4 is 4.74 Å². The van der Waals surface area contributed by atoms with Gasteiger partial charge < -0.3 is 4.74 Å². The zero-order valence-electron chi connectivity index (χ0n) is 9.81. The van der Waals surface area contributed by atoms with Gasteiger partial charge >= 0.3 is 0 Å². The molecule has 0 atom stereocenters. The maximum absolute atomic E-state index is 5.92. The zero-order chi connectivity index (χ0) is 11.7. The summed E-state index contributed by atoms with van der Waals surface area (Å²) < 4.78 is 5.92. The van der Waals surface area contributed by atoms with Gasteiger partial charge in [0.2, 0.25) is 0 Å². The second kappa shape index (κ2) is 4.10. The summed E-state index contributed by atoms with van der Waals surface area (Å²) in [6, 6.07) is 16.6. The zero-order valence-corrected chi connectivity index (χ0v) is 9.81. The van der Waals surface area contributed by atoms with Crippen LogP contribution in [-0.4, -0.2) is 0 Å². The number of para-hydroxylation sites is 1. The van der Waals surface area contributed by atoms with Crippen LogP contribution in [0.4, 0.5) is 0 Å². The molecule has 0 N–H and O–H groups in total. The van der Waals surface area contributed by atoms with Gasteiger partial charge in [0.1, 0.15) is 11.5 Å². The molecule has 2 aromatic rings. The van der Waals surface area contributed by atoms with E-state index in [-0.39, 0.29) is 0 Å². The van der Waals surface area contributed by atoms with E-state index in [0.717, 1.165) is 23.5 Å². The van der Waals surface area contributed by atoms with Crippen LogP contribution in [0.1, 0.15) is 16.7 Å². The number of allylic oxidation sites excluding steroid dienone is 1. The van der Waals surface area contributed by atoms with Crippen LogP contribution in [0, 0.1) is 6.92 Å². The number of ether oxygens (including phenoxy) is 1. The number of hydrogen-bond acceptors (Lipinski definition) is 1. The van der Waals surface area contributed by atoms with Crippen molar-refractivity contribution in [1.29, 1.82) is 0 Å². The standard InChI is InChI=1S/C16H14O/c1-12-6-8-14(9-7-12)16-11-10-13-4-2-3-5-15(13)17-16/h2-9,11H,10H2,1H3. The van der Waals surface area contributed by atoms with Crippen molar-refractivity contribution in [2.24, 2.45) is 0 Å². The van der Waals surface area contributed by atoms with E-state index in [4.69, 9.17) is 4.74 Å². The second-order valence-electron chi connectivity index (χ2n) is 4.35. The third-order valence-electron chi connectivity index (χ3n) is 3.04. The predicted molar refractivity (Wildman–Crippen MR) is 69.9 cm³/mol. The Hall–Kier alpha value is -2.02. The number of aryl methyl sites for hydroxylation is 1. The van der Waals surface area contributed by atoms with Crippen molar-refractivity contribution in [3.05, 3.63) is 71.3 Å². The van der Waals surface area contributed by atoms with E-state index in [1.165, 1.54) is 11.1 Å². The van der Waals surface area contributed by atoms with Gasteiger partial charge in [-0.3, -0.25) is 0 Å². The Morgan fingerprint density at radius 1 is 0.941 bits per heavy atom. The highest BCUT2D eigenvalue weighted by atomic mass is 16.5. The lowest BCUT2D eigenvalue weighted by Gasteiger charge is -2.18. The molecule has 0 unspecified atom stereocenters. The Morgan fingerprint density at radius 2 is 1.71 bits per heavy atom. The topological polar surface area (TPSA) is 9.23 Å². The Morgan fingerprint density at radius 3 is 2.53 bits per heavy atom. The van der Waals surface area contributed by atoms with Crippen LogP contribution in [0.5, 0.6) is 5.75 Å². The monoisotopic (exact) mass is 222 g/mol. The molecule has 0 radical (unpaired) electrons. The van der Waals surface area contributed by atoms with Crippen molar-refractivity contribution in [2.45, 2.75) is 13.3 Å². The molecule has 1 nitrogen and oxygen atoms in total. The summed E-state index contributed by atoms with van der Waals surface area (Å²) in [5, 5.41) is 0. The Labute approximate surface area is 101 Å². The third kappa shape index (κ3) is 1.96. The smallest absolute Gasteiger partial charge is 0.131 e. The van der Waals surface area contributed by atoms with Crippen LogP contribution in [0.2, 0.25) is 0 Å². The van der Waals surface area contributed by atoms with Crippen LogP contribution in [0.15, 0.2) is 54.6 Å². The lowest BCUT2D eigenvalue weighted by Crippen LogP contribution is -2.03. The molecule has 84 valence electrons. The number of rotatable bonds is 1. The largest absolute Gasteiger partial charge is 0.457 e. The molecule has 3 rings (SSSR count). The van der Waals surface area contributed by atoms with Gasteiger partial charge in [0, 0.05) is 5.56 Å². The number of benzene rings is 2. The van der Waals surface area contributed by atoms with Gasteiger partial charge in [-0.05, 0) is 31.1 Å². The minimum Gasteiger partial charge on any atom is -0.457 e. The molecule has 0 bridgehead atoms. The molecule has 17 heavy (non-hydrogen) atoms. The van der Waals surface area contributed by atoms with Crippen molar-refractivity contribution < 1.29 is 4.74 Å². The summed E-state index contributed by atoms with van der Waals surface area (Å²) in [6.45, 7) is 2.09. The Balaban J connectivity index is 1.93. The van der Waals surface area contributed by atoms with Gasteiger partial charge in [-0.15, -0.1) is 0 Å². The van der Waals surface area contributed by atoms with Crippen molar-refractivity contribution in [2.75, 3.05) is 0 Å². The molecule has 0 fully saturated rings. The normalized spacial score (nSPS) is 13.6. The summed E-state index contributed by atoms with van der Waals surface area (Å²) in [7, 11) is 0. The van der Waals surface area contributed by atoms with E-state index in [1.54, 1.807) is 0 Å². The summed E-state index contributed by atoms with van der Waals surface area (Å²) in [5.74, 6) is 1.94. The fourth-order valence-electron chi connectivity index (χ4n) is 2.03. The van der Waals surface area contributed by atoms with Gasteiger partial charge in [-0.2, -0.15) is 0 Å². The quantitative estimate of drug-likeness (QED) is 0.709. The van der Waals surface area contributed by atoms with Crippen LogP contribution in [-0.2, 0) is 6.42 Å². The minimum absolute atomic E-state index is 0.944. The highest BCUT2D eigenvalue weighted by molar-refractivity contribution is 5.65. The maximum Gasteiger partial charge on any atom is 0.131 e. The molecule has 1 aliphatic rings. The van der Waals surface area contributed by atoms with E-state index in [9.17, 15) is 0 Å². The first-order valence-electron chi connectivity index (χ1n) is 5.86. The first-order valence-corrected chi connectivity index (χ1v) is 5.86. The number of hydrogen-bond donors (Lipinski definition) is 0. The lowest BCUT2D eigenvalue weighted by molar-refractivity contribution is 0.498. The summed E-state index contributed by atoms with van der Waals surface area (Å²) in [5.41, 5.74) is 3.67. The first kappa shape index (κ1) is 10.2. The molecule has 0 aliphatic carbocycles. The van der Waals surface area contributed by atoms with E-state index in [1.807, 2.05) is 18.2 Å². The predicted octanol–water partition coefficient (Wildman–Crippen LogP) is 3.97. The molecule has 0 saturated carbocycles. The fraction of sp³-hybridized carbons (Fsp3) is 0.125. The van der Waals surface area contributed by atoms with E-state index >= 15 is 0 Å². The molecular weight excluding hydrogens is 208 g/mol. The fourth-order valence-corrected chi connectivity index (χ4v) is 2.03. The van der Waals surface area contributed by atoms with Crippen molar-refractivity contribution >= 4 is 5.76 Å². The molecule has 0 saturated heterocycles. The van der Waals surface area contributed by atoms with Crippen molar-refractivity contribution in [3.63, 3.8) is 0 Å². The highest BCUT2D eigenvalue weighted by Gasteiger charge is 2.12. The molecule has 0 spiro atoms. The molecule has 1 aliphatic heterocycles. The van der Waals surface area contributed by atoms with Gasteiger partial charge in [-0.25, -0.2) is 0 Å². The van der Waals surface area contributed by atoms with Crippen LogP contribution in [0.25, 0.3) is 5.76 Å². The molecule has 0 amide bonds. The third-order valence-corrected chi connectivity index (χ3v) is 3.04. The van der Waals surface area contributed by atoms with Crippen LogP contribution in [0.3, 0.4) is 0 Å². The SMILES string of the molecule is Cc1ccc(C2=CCc3ccccc3O2)cc1. The Bertz CT molecular complexity index is 564. The highest BCUT2D eigenvalue weighted by Crippen LogP contribution is 2.30. The van der Waals surface area contributed by atoms with Crippen molar-refractivity contribution in [1.82, 2.24) is 0 Å². The number of fused-ring (bicyclic) bond motifs is 1. The van der Waals surface area contributed by atoms with Gasteiger partial charge in [0.15, 0.2) is 0 Å². The average Bonchev–Trinajstić information content (AvgIpc) is 2.39. The van der Waals surface area contributed by atoms with Gasteiger partial charge in [0.05, 0.1) is 0 Å². The molecular formula is C16H14O. The lowest BCUT2D eigenvalue weighted by atomic mass is 10.0. The average molecular weight is 222 g/mol. The Kier molecular flexibility index (Phi) is 2.45. The summed E-state index contributed by atoms with van der Waals surface area (Å²) in [6.07, 6.45) is 3.09. The second-order valence-corrected chi connectivity index (χ2v) is 4.35. The minimum atomic E-state index is 0.944. The van der Waals surface area contributed by atoms with Gasteiger partial charge in [0.25, 0.3) is 0 Å². The molecule has 1 heteroatoms. The first-order chi connectivity index (χ1) is 8.33. The van der Waals surface area contributed by atoms with E-state index in [2.05, 4.69) is 43.3 Å². The van der Waals surface area contributed by atoms with Crippen molar-refractivity contribution in [3.8, 4) is 5.75 Å². The van der Waals surface area contributed by atoms with E-state index < -0.39 is 0 Å². The molecule has 0 aromatic heterocycles. The van der Waals surface area contributed by atoms with Crippen LogP contribution >= 0.6 is 0 Å². The van der Waals surface area contributed by atoms with Gasteiger partial charge in [-0.1, -0.05) is 48.0 Å². The summed E-state index contributed by atoms with van der Waals surface area (Å²) in [4.78, 5) is 0. The summed E-state index contributed by atoms with van der Waals surface area (Å²) >= 11 is 0. The molecule has 2 aromatic carbocycles. The maximum atomic E-state index is 5.92.